The Morgan fingerprint density at radius 3 is 1.74 bits per heavy atom. The van der Waals surface area contributed by atoms with E-state index in [-0.39, 0.29) is 11.5 Å². The van der Waals surface area contributed by atoms with Crippen LogP contribution >= 0.6 is 0 Å². The summed E-state index contributed by atoms with van der Waals surface area (Å²) in [5, 5.41) is 21.4. The lowest BCUT2D eigenvalue weighted by molar-refractivity contribution is 0.447. The summed E-state index contributed by atoms with van der Waals surface area (Å²) in [6.07, 6.45) is 3.16. The summed E-state index contributed by atoms with van der Waals surface area (Å²) in [4.78, 5) is 18.9. The van der Waals surface area contributed by atoms with E-state index in [1.807, 2.05) is 44.3 Å². The van der Waals surface area contributed by atoms with Gasteiger partial charge in [-0.05, 0) is 75.4 Å². The minimum absolute atomic E-state index is 0.0433. The van der Waals surface area contributed by atoms with E-state index in [9.17, 15) is 10.2 Å². The summed E-state index contributed by atoms with van der Waals surface area (Å²) in [5.74, 6) is 1.90. The minimum atomic E-state index is -0.0796. The molecule has 0 spiro atoms. The Balaban J connectivity index is 1.83. The van der Waals surface area contributed by atoms with Crippen LogP contribution in [0.15, 0.2) is 53.5 Å². The normalized spacial score (nSPS) is 11.6. The van der Waals surface area contributed by atoms with Gasteiger partial charge in [-0.1, -0.05) is 61.4 Å². The van der Waals surface area contributed by atoms with Crippen molar-refractivity contribution in [2.24, 2.45) is 10.9 Å². The van der Waals surface area contributed by atoms with Crippen LogP contribution in [0.2, 0.25) is 0 Å². The average Bonchev–Trinajstić information content (AvgIpc) is 2.84. The van der Waals surface area contributed by atoms with Crippen molar-refractivity contribution in [1.82, 2.24) is 15.0 Å². The number of aromatic hydroxyl groups is 2. The fourth-order valence-corrected chi connectivity index (χ4v) is 4.46. The van der Waals surface area contributed by atoms with Crippen molar-refractivity contribution in [2.45, 2.75) is 54.4 Å². The molecule has 0 saturated carbocycles. The summed E-state index contributed by atoms with van der Waals surface area (Å²) in [7, 11) is 0. The van der Waals surface area contributed by atoms with Crippen LogP contribution in [0.5, 0.6) is 11.5 Å². The standard InChI is InChI=1S/C32H36N4O2/c1-19(2)18-33-13-7-8-24-16-27(29(38)17-28(24)37)32-35-30(25-11-9-20(3)14-22(25)5)34-31(36-32)26-12-10-21(4)15-23(26)6/h9-17,19,37-38H,7-8,18H2,1-6H3. The third-order valence-electron chi connectivity index (χ3n) is 6.46. The fourth-order valence-electron chi connectivity index (χ4n) is 4.46. The summed E-state index contributed by atoms with van der Waals surface area (Å²) in [6, 6.07) is 15.5. The number of phenolic OH excluding ortho intramolecular Hbond substituents is 2. The first-order valence-electron chi connectivity index (χ1n) is 13.1. The van der Waals surface area contributed by atoms with Crippen LogP contribution in [0, 0.1) is 33.6 Å². The van der Waals surface area contributed by atoms with Crippen LogP contribution in [-0.4, -0.2) is 37.9 Å². The first-order chi connectivity index (χ1) is 18.1. The van der Waals surface area contributed by atoms with E-state index in [1.165, 1.54) is 6.07 Å². The van der Waals surface area contributed by atoms with Crippen LogP contribution in [0.25, 0.3) is 34.2 Å². The van der Waals surface area contributed by atoms with Gasteiger partial charge < -0.3 is 10.2 Å². The first kappa shape index (κ1) is 27.0. The maximum Gasteiger partial charge on any atom is 0.167 e. The molecule has 0 saturated heterocycles. The minimum Gasteiger partial charge on any atom is -0.508 e. The molecule has 0 radical (unpaired) electrons. The summed E-state index contributed by atoms with van der Waals surface area (Å²) < 4.78 is 0. The van der Waals surface area contributed by atoms with Gasteiger partial charge in [0, 0.05) is 23.7 Å². The Hall–Kier alpha value is -4.06. The Labute approximate surface area is 225 Å². The lowest BCUT2D eigenvalue weighted by atomic mass is 10.0. The lowest BCUT2D eigenvalue weighted by Crippen LogP contribution is -2.03. The van der Waals surface area contributed by atoms with Gasteiger partial charge in [0.1, 0.15) is 11.5 Å². The molecule has 0 atom stereocenters. The van der Waals surface area contributed by atoms with Crippen LogP contribution in [0.1, 0.15) is 48.1 Å². The SMILES string of the molecule is Cc1ccc(-c2nc(-c3ccc(C)cc3C)nc(-c3cc(CCC=NCC(C)C)c(O)cc3O)n2)c(C)c1. The van der Waals surface area contributed by atoms with Crippen LogP contribution in [0.4, 0.5) is 0 Å². The van der Waals surface area contributed by atoms with Crippen molar-refractivity contribution >= 4 is 6.21 Å². The molecule has 0 aliphatic heterocycles. The van der Waals surface area contributed by atoms with Crippen molar-refractivity contribution < 1.29 is 10.2 Å². The van der Waals surface area contributed by atoms with Crippen LogP contribution in [0.3, 0.4) is 0 Å². The Bertz CT molecular complexity index is 1420. The summed E-state index contributed by atoms with van der Waals surface area (Å²) in [5.41, 5.74) is 7.41. The van der Waals surface area contributed by atoms with E-state index in [4.69, 9.17) is 15.0 Å². The molecule has 0 bridgehead atoms. The molecule has 2 N–H and O–H groups in total. The number of phenols is 2. The molecule has 0 unspecified atom stereocenters. The number of hydrogen-bond acceptors (Lipinski definition) is 6. The van der Waals surface area contributed by atoms with Crippen LogP contribution in [-0.2, 0) is 6.42 Å². The number of aliphatic imine (C=N–C) groups is 1. The highest BCUT2D eigenvalue weighted by atomic mass is 16.3. The summed E-state index contributed by atoms with van der Waals surface area (Å²) in [6.45, 7) is 13.2. The van der Waals surface area contributed by atoms with Crippen molar-refractivity contribution in [2.75, 3.05) is 6.54 Å². The molecule has 0 aliphatic carbocycles. The molecule has 38 heavy (non-hydrogen) atoms. The predicted octanol–water partition coefficient (Wildman–Crippen LogP) is 7.18. The van der Waals surface area contributed by atoms with E-state index >= 15 is 0 Å². The quantitative estimate of drug-likeness (QED) is 0.246. The van der Waals surface area contributed by atoms with Crippen molar-refractivity contribution in [1.29, 1.82) is 0 Å². The zero-order chi connectivity index (χ0) is 27.4. The second kappa shape index (κ2) is 11.5. The predicted molar refractivity (Wildman–Crippen MR) is 155 cm³/mol. The zero-order valence-electron chi connectivity index (χ0n) is 23.1. The van der Waals surface area contributed by atoms with E-state index in [2.05, 4.69) is 44.8 Å². The van der Waals surface area contributed by atoms with E-state index in [0.717, 1.165) is 39.9 Å². The number of hydrogen-bond donors (Lipinski definition) is 2. The molecular weight excluding hydrogens is 472 g/mol. The van der Waals surface area contributed by atoms with Gasteiger partial charge in [-0.2, -0.15) is 0 Å². The van der Waals surface area contributed by atoms with Crippen molar-refractivity contribution in [3.05, 3.63) is 76.3 Å². The Morgan fingerprint density at radius 1 is 0.711 bits per heavy atom. The number of benzene rings is 3. The van der Waals surface area contributed by atoms with Crippen molar-refractivity contribution in [3.8, 4) is 45.7 Å². The molecule has 4 rings (SSSR count). The number of nitrogens with zero attached hydrogens (tertiary/aromatic N) is 4. The maximum atomic E-state index is 10.9. The second-order valence-electron chi connectivity index (χ2n) is 10.4. The first-order valence-corrected chi connectivity index (χ1v) is 13.1. The van der Waals surface area contributed by atoms with Crippen LogP contribution < -0.4 is 0 Å². The summed E-state index contributed by atoms with van der Waals surface area (Å²) >= 11 is 0. The molecule has 3 aromatic carbocycles. The van der Waals surface area contributed by atoms with Gasteiger partial charge in [0.25, 0.3) is 0 Å². The molecule has 4 aromatic rings. The number of aryl methyl sites for hydroxylation is 5. The van der Waals surface area contributed by atoms with E-state index in [1.54, 1.807) is 6.07 Å². The van der Waals surface area contributed by atoms with Gasteiger partial charge in [-0.15, -0.1) is 0 Å². The van der Waals surface area contributed by atoms with Gasteiger partial charge in [-0.25, -0.2) is 15.0 Å². The molecule has 1 aromatic heterocycles. The molecular formula is C32H36N4O2. The Kier molecular flexibility index (Phi) is 8.20. The topological polar surface area (TPSA) is 91.5 Å². The molecule has 0 amide bonds. The van der Waals surface area contributed by atoms with Crippen molar-refractivity contribution in [3.63, 3.8) is 0 Å². The average molecular weight is 509 g/mol. The number of rotatable bonds is 8. The molecule has 6 nitrogen and oxygen atoms in total. The monoisotopic (exact) mass is 508 g/mol. The van der Waals surface area contributed by atoms with E-state index in [0.29, 0.717) is 47.4 Å². The smallest absolute Gasteiger partial charge is 0.167 e. The number of aromatic nitrogens is 3. The third-order valence-corrected chi connectivity index (χ3v) is 6.46. The van der Waals surface area contributed by atoms with Gasteiger partial charge in [-0.3, -0.25) is 4.99 Å². The highest BCUT2D eigenvalue weighted by molar-refractivity contribution is 5.73. The molecule has 196 valence electrons. The Morgan fingerprint density at radius 2 is 1.24 bits per heavy atom. The van der Waals surface area contributed by atoms with Gasteiger partial charge in [0.2, 0.25) is 0 Å². The highest BCUT2D eigenvalue weighted by Crippen LogP contribution is 2.36. The fraction of sp³-hybridized carbons (Fsp3) is 0.312. The third kappa shape index (κ3) is 6.25. The molecule has 6 heteroatoms. The lowest BCUT2D eigenvalue weighted by Gasteiger charge is -2.13. The molecule has 1 heterocycles. The zero-order valence-corrected chi connectivity index (χ0v) is 23.1. The largest absolute Gasteiger partial charge is 0.508 e. The second-order valence-corrected chi connectivity index (χ2v) is 10.4. The van der Waals surface area contributed by atoms with Gasteiger partial charge in [0.05, 0.1) is 5.56 Å². The maximum absolute atomic E-state index is 10.9. The van der Waals surface area contributed by atoms with Gasteiger partial charge >= 0.3 is 0 Å². The molecule has 0 aliphatic rings. The highest BCUT2D eigenvalue weighted by Gasteiger charge is 2.18. The molecule has 0 fully saturated rings. The van der Waals surface area contributed by atoms with E-state index < -0.39 is 0 Å². The van der Waals surface area contributed by atoms with Gasteiger partial charge in [0.15, 0.2) is 17.5 Å².